The molecule has 0 aliphatic carbocycles. The van der Waals surface area contributed by atoms with Crippen LogP contribution in [0.2, 0.25) is 0 Å². The minimum Gasteiger partial charge on any atom is -0.508 e. The van der Waals surface area contributed by atoms with Crippen molar-refractivity contribution in [3.05, 3.63) is 120 Å². The molecule has 0 saturated carbocycles. The maximum absolute atomic E-state index is 13.3. The van der Waals surface area contributed by atoms with Crippen LogP contribution in [0.1, 0.15) is 35.3 Å². The van der Waals surface area contributed by atoms with E-state index < -0.39 is 0 Å². The van der Waals surface area contributed by atoms with Crippen molar-refractivity contribution >= 4 is 16.8 Å². The van der Waals surface area contributed by atoms with Gasteiger partial charge in [0.25, 0.3) is 0 Å². The number of amides is 1. The molecule has 36 heavy (non-hydrogen) atoms. The monoisotopic (exact) mass is 475 g/mol. The van der Waals surface area contributed by atoms with Crippen LogP contribution in [-0.2, 0) is 24.1 Å². The Morgan fingerprint density at radius 3 is 2.56 bits per heavy atom. The molecule has 1 atom stereocenters. The molecule has 0 unspecified atom stereocenters. The van der Waals surface area contributed by atoms with Crippen LogP contribution in [0.3, 0.4) is 0 Å². The van der Waals surface area contributed by atoms with Crippen LogP contribution in [0, 0.1) is 0 Å². The van der Waals surface area contributed by atoms with Gasteiger partial charge in [-0.3, -0.25) is 9.78 Å². The van der Waals surface area contributed by atoms with Crippen LogP contribution in [-0.4, -0.2) is 21.0 Å². The van der Waals surface area contributed by atoms with Gasteiger partial charge >= 0.3 is 0 Å². The number of fused-ring (bicyclic) bond motifs is 1. The van der Waals surface area contributed by atoms with E-state index in [9.17, 15) is 9.90 Å². The number of hydrogen-bond acceptors (Lipinski definition) is 3. The minimum absolute atomic E-state index is 0.0990. The van der Waals surface area contributed by atoms with Gasteiger partial charge in [-0.1, -0.05) is 67.6 Å². The normalized spacial score (nSPS) is 11.9. The number of carbonyl (C=O) groups is 1. The molecule has 0 bridgehead atoms. The van der Waals surface area contributed by atoms with E-state index in [0.29, 0.717) is 6.42 Å². The number of nitrogens with zero attached hydrogens (tertiary/aromatic N) is 1. The number of H-pyrrole nitrogens is 1. The number of aryl methyl sites for hydroxylation is 1. The molecule has 0 aliphatic heterocycles. The van der Waals surface area contributed by atoms with Crippen LogP contribution in [0.15, 0.2) is 97.3 Å². The number of rotatable bonds is 8. The highest BCUT2D eigenvalue weighted by atomic mass is 16.3. The standard InChI is InChI=1S/C31H29N3O2/c1-2-21-10-12-23(13-11-21)26-9-6-16-32-31(26)29(17-22-7-4-3-5-8-22)34-30(36)18-24-20-33-28-15-14-25(35)19-27(24)28/h3-16,19-20,29,33,35H,2,17-18H2,1H3,(H,34,36)/t29-/m1/s1. The summed E-state index contributed by atoms with van der Waals surface area (Å²) in [6, 6.07) is 27.5. The fourth-order valence-corrected chi connectivity index (χ4v) is 4.66. The maximum Gasteiger partial charge on any atom is 0.225 e. The number of benzene rings is 3. The first kappa shape index (κ1) is 23.4. The van der Waals surface area contributed by atoms with Crippen molar-refractivity contribution in [2.24, 2.45) is 0 Å². The first-order chi connectivity index (χ1) is 17.6. The number of phenols is 1. The molecular formula is C31H29N3O2. The lowest BCUT2D eigenvalue weighted by Crippen LogP contribution is -2.32. The van der Waals surface area contributed by atoms with Crippen molar-refractivity contribution in [3.8, 4) is 16.9 Å². The molecule has 5 rings (SSSR count). The van der Waals surface area contributed by atoms with Crippen LogP contribution >= 0.6 is 0 Å². The van der Waals surface area contributed by atoms with E-state index in [2.05, 4.69) is 59.7 Å². The molecule has 0 aliphatic rings. The molecule has 2 aromatic heterocycles. The highest BCUT2D eigenvalue weighted by Crippen LogP contribution is 2.30. The highest BCUT2D eigenvalue weighted by Gasteiger charge is 2.21. The summed E-state index contributed by atoms with van der Waals surface area (Å²) in [5.74, 6) is 0.0797. The second-order valence-electron chi connectivity index (χ2n) is 9.02. The second kappa shape index (κ2) is 10.5. The molecule has 0 saturated heterocycles. The summed E-state index contributed by atoms with van der Waals surface area (Å²) < 4.78 is 0. The summed E-state index contributed by atoms with van der Waals surface area (Å²) in [4.78, 5) is 21.3. The predicted octanol–water partition coefficient (Wildman–Crippen LogP) is 6.14. The summed E-state index contributed by atoms with van der Waals surface area (Å²) >= 11 is 0. The molecule has 3 N–H and O–H groups in total. The Hall–Kier alpha value is -4.38. The van der Waals surface area contributed by atoms with Gasteiger partial charge in [0.2, 0.25) is 5.91 Å². The lowest BCUT2D eigenvalue weighted by molar-refractivity contribution is -0.121. The Bertz CT molecular complexity index is 1470. The number of hydrogen-bond donors (Lipinski definition) is 3. The van der Waals surface area contributed by atoms with Gasteiger partial charge in [-0.05, 0) is 59.4 Å². The zero-order valence-electron chi connectivity index (χ0n) is 20.2. The maximum atomic E-state index is 13.3. The van der Waals surface area contributed by atoms with Crippen LogP contribution in [0.5, 0.6) is 5.75 Å². The summed E-state index contributed by atoms with van der Waals surface area (Å²) in [5.41, 5.74) is 7.07. The van der Waals surface area contributed by atoms with Crippen molar-refractivity contribution in [2.45, 2.75) is 32.2 Å². The largest absolute Gasteiger partial charge is 0.508 e. The predicted molar refractivity (Wildman–Crippen MR) is 144 cm³/mol. The molecule has 0 radical (unpaired) electrons. The Balaban J connectivity index is 1.46. The van der Waals surface area contributed by atoms with E-state index in [1.165, 1.54) is 5.56 Å². The van der Waals surface area contributed by atoms with Crippen LogP contribution < -0.4 is 5.32 Å². The van der Waals surface area contributed by atoms with Crippen molar-refractivity contribution in [1.82, 2.24) is 15.3 Å². The first-order valence-electron chi connectivity index (χ1n) is 12.3. The Labute approximate surface area is 210 Å². The number of aromatic amines is 1. The number of pyridine rings is 1. The van der Waals surface area contributed by atoms with Gasteiger partial charge in [0.1, 0.15) is 5.75 Å². The Kier molecular flexibility index (Phi) is 6.80. The fourth-order valence-electron chi connectivity index (χ4n) is 4.66. The van der Waals surface area contributed by atoms with Crippen LogP contribution in [0.4, 0.5) is 0 Å². The van der Waals surface area contributed by atoms with Crippen molar-refractivity contribution in [1.29, 1.82) is 0 Å². The van der Waals surface area contributed by atoms with E-state index in [1.54, 1.807) is 18.3 Å². The summed E-state index contributed by atoms with van der Waals surface area (Å²) in [5, 5.41) is 14.0. The molecule has 5 nitrogen and oxygen atoms in total. The molecule has 5 heteroatoms. The molecule has 3 aromatic carbocycles. The number of aromatic hydroxyl groups is 1. The van der Waals surface area contributed by atoms with Crippen molar-refractivity contribution < 1.29 is 9.90 Å². The van der Waals surface area contributed by atoms with Crippen molar-refractivity contribution in [3.63, 3.8) is 0 Å². The topological polar surface area (TPSA) is 78.0 Å². The van der Waals surface area contributed by atoms with Crippen LogP contribution in [0.25, 0.3) is 22.0 Å². The van der Waals surface area contributed by atoms with E-state index in [4.69, 9.17) is 4.98 Å². The molecule has 5 aromatic rings. The van der Waals surface area contributed by atoms with E-state index in [0.717, 1.165) is 45.3 Å². The number of aromatic nitrogens is 2. The molecule has 0 spiro atoms. The molecule has 180 valence electrons. The molecule has 1 amide bonds. The second-order valence-corrected chi connectivity index (χ2v) is 9.02. The van der Waals surface area contributed by atoms with Gasteiger partial charge in [-0.25, -0.2) is 0 Å². The average molecular weight is 476 g/mol. The third-order valence-corrected chi connectivity index (χ3v) is 6.56. The quantitative estimate of drug-likeness (QED) is 0.252. The van der Waals surface area contributed by atoms with Crippen molar-refractivity contribution in [2.75, 3.05) is 0 Å². The summed E-state index contributed by atoms with van der Waals surface area (Å²) in [6.45, 7) is 2.14. The lowest BCUT2D eigenvalue weighted by atomic mass is 9.94. The zero-order chi connectivity index (χ0) is 24.9. The summed E-state index contributed by atoms with van der Waals surface area (Å²) in [7, 11) is 0. The third-order valence-electron chi connectivity index (χ3n) is 6.56. The SMILES string of the molecule is CCc1ccc(-c2cccnc2[C@@H](Cc2ccccc2)NC(=O)Cc2c[nH]c3ccc(O)cc23)cc1. The number of phenolic OH excluding ortho intramolecular Hbond substituents is 1. The molecular weight excluding hydrogens is 446 g/mol. The van der Waals surface area contributed by atoms with Gasteiger partial charge < -0.3 is 15.4 Å². The lowest BCUT2D eigenvalue weighted by Gasteiger charge is -2.21. The first-order valence-corrected chi connectivity index (χ1v) is 12.3. The van der Waals surface area contributed by atoms with Gasteiger partial charge in [-0.15, -0.1) is 0 Å². The molecule has 0 fully saturated rings. The minimum atomic E-state index is -0.305. The molecule has 2 heterocycles. The van der Waals surface area contributed by atoms with Gasteiger partial charge in [0.05, 0.1) is 18.2 Å². The highest BCUT2D eigenvalue weighted by molar-refractivity contribution is 5.90. The fraction of sp³-hybridized carbons (Fsp3) is 0.161. The zero-order valence-corrected chi connectivity index (χ0v) is 20.2. The van der Waals surface area contributed by atoms with Gasteiger partial charge in [-0.2, -0.15) is 0 Å². The Morgan fingerprint density at radius 2 is 1.78 bits per heavy atom. The van der Waals surface area contributed by atoms with E-state index >= 15 is 0 Å². The smallest absolute Gasteiger partial charge is 0.225 e. The Morgan fingerprint density at radius 1 is 0.972 bits per heavy atom. The average Bonchev–Trinajstić information content (AvgIpc) is 3.30. The van der Waals surface area contributed by atoms with E-state index in [1.807, 2.05) is 36.5 Å². The van der Waals surface area contributed by atoms with E-state index in [-0.39, 0.29) is 24.1 Å². The van der Waals surface area contributed by atoms with Gasteiger partial charge in [0, 0.05) is 28.9 Å². The summed E-state index contributed by atoms with van der Waals surface area (Å²) in [6.07, 6.45) is 5.42. The van der Waals surface area contributed by atoms with Gasteiger partial charge in [0.15, 0.2) is 0 Å². The number of nitrogens with one attached hydrogen (secondary N) is 2. The number of carbonyl (C=O) groups excluding carboxylic acids is 1. The third kappa shape index (κ3) is 5.15.